The second-order valence-corrected chi connectivity index (χ2v) is 2.61. The first-order valence-corrected chi connectivity index (χ1v) is 4.17. The fourth-order valence-electron chi connectivity index (χ4n) is 0.954. The summed E-state index contributed by atoms with van der Waals surface area (Å²) in [6, 6.07) is 1.76. The van der Waals surface area contributed by atoms with Gasteiger partial charge in [-0.3, -0.25) is 0 Å². The normalized spacial score (nSPS) is 9.14. The molecule has 0 fully saturated rings. The van der Waals surface area contributed by atoms with Crippen LogP contribution in [0, 0.1) is 11.8 Å². The van der Waals surface area contributed by atoms with E-state index in [0.29, 0.717) is 12.4 Å². The number of imidazole rings is 1. The van der Waals surface area contributed by atoms with Gasteiger partial charge in [0, 0.05) is 24.8 Å². The number of hydrogen-bond acceptors (Lipinski definition) is 3. The molecule has 0 N–H and O–H groups in total. The van der Waals surface area contributed by atoms with Crippen LogP contribution in [0.25, 0.3) is 0 Å². The smallest absolute Gasteiger partial charge is 0.204 e. The lowest BCUT2D eigenvalue weighted by atomic mass is 10.5. The van der Waals surface area contributed by atoms with E-state index in [4.69, 9.17) is 0 Å². The van der Waals surface area contributed by atoms with Crippen LogP contribution in [0.3, 0.4) is 0 Å². The third-order valence-corrected chi connectivity index (χ3v) is 1.59. The second kappa shape index (κ2) is 4.19. The predicted molar refractivity (Wildman–Crippen MR) is 51.1 cm³/mol. The molecule has 0 saturated carbocycles. The van der Waals surface area contributed by atoms with Crippen molar-refractivity contribution in [3.05, 3.63) is 43.0 Å². The van der Waals surface area contributed by atoms with Crippen LogP contribution in [-0.4, -0.2) is 19.5 Å². The number of nitrogens with zero attached hydrogens (tertiary/aromatic N) is 4. The van der Waals surface area contributed by atoms with E-state index in [1.165, 1.54) is 0 Å². The van der Waals surface area contributed by atoms with Gasteiger partial charge >= 0.3 is 0 Å². The highest BCUT2D eigenvalue weighted by molar-refractivity contribution is 5.19. The molecule has 0 bridgehead atoms. The van der Waals surface area contributed by atoms with Crippen molar-refractivity contribution in [3.63, 3.8) is 0 Å². The van der Waals surface area contributed by atoms with Crippen molar-refractivity contribution in [2.75, 3.05) is 0 Å². The van der Waals surface area contributed by atoms with Crippen molar-refractivity contribution >= 4 is 0 Å². The lowest BCUT2D eigenvalue weighted by molar-refractivity contribution is 0.839. The van der Waals surface area contributed by atoms with Crippen LogP contribution < -0.4 is 0 Å². The van der Waals surface area contributed by atoms with Gasteiger partial charge in [-0.15, -0.1) is 0 Å². The molecular weight excluding hydrogens is 176 g/mol. The fourth-order valence-corrected chi connectivity index (χ4v) is 0.954. The Morgan fingerprint density at radius 2 is 2.07 bits per heavy atom. The lowest BCUT2D eigenvalue weighted by Gasteiger charge is -1.90. The summed E-state index contributed by atoms with van der Waals surface area (Å²) in [5.74, 6) is 6.36. The van der Waals surface area contributed by atoms with E-state index in [0.717, 1.165) is 0 Å². The fraction of sp³-hybridized carbons (Fsp3) is 0.100. The van der Waals surface area contributed by atoms with Gasteiger partial charge in [-0.25, -0.2) is 15.0 Å². The van der Waals surface area contributed by atoms with Gasteiger partial charge in [-0.1, -0.05) is 5.92 Å². The zero-order valence-electron chi connectivity index (χ0n) is 7.46. The maximum Gasteiger partial charge on any atom is 0.204 e. The highest BCUT2D eigenvalue weighted by atomic mass is 15.0. The Kier molecular flexibility index (Phi) is 2.53. The third kappa shape index (κ3) is 2.17. The molecule has 0 amide bonds. The Balaban J connectivity index is 2.02. The molecule has 0 atom stereocenters. The van der Waals surface area contributed by atoms with E-state index in [9.17, 15) is 0 Å². The molecule has 2 aromatic heterocycles. The van der Waals surface area contributed by atoms with Gasteiger partial charge in [-0.2, -0.15) is 0 Å². The van der Waals surface area contributed by atoms with Gasteiger partial charge < -0.3 is 4.57 Å². The molecule has 2 rings (SSSR count). The minimum absolute atomic E-state index is 0.549. The predicted octanol–water partition coefficient (Wildman–Crippen LogP) is 0.725. The molecule has 0 aliphatic rings. The van der Waals surface area contributed by atoms with Crippen LogP contribution in [0.1, 0.15) is 5.82 Å². The van der Waals surface area contributed by atoms with Crippen LogP contribution in [0.15, 0.2) is 37.2 Å². The molecular formula is C10H8N4. The number of aromatic nitrogens is 4. The summed E-state index contributed by atoms with van der Waals surface area (Å²) >= 11 is 0. The van der Waals surface area contributed by atoms with Crippen LogP contribution in [-0.2, 0) is 6.54 Å². The van der Waals surface area contributed by atoms with Crippen molar-refractivity contribution in [2.24, 2.45) is 0 Å². The minimum Gasteiger partial charge on any atom is -0.326 e. The topological polar surface area (TPSA) is 43.6 Å². The molecule has 0 aromatic carbocycles. The third-order valence-electron chi connectivity index (χ3n) is 1.59. The maximum absolute atomic E-state index is 3.99. The molecule has 4 heteroatoms. The lowest BCUT2D eigenvalue weighted by Crippen LogP contribution is -1.91. The summed E-state index contributed by atoms with van der Waals surface area (Å²) in [5.41, 5.74) is 0. The molecule has 14 heavy (non-hydrogen) atoms. The van der Waals surface area contributed by atoms with Crippen LogP contribution in [0.4, 0.5) is 0 Å². The summed E-state index contributed by atoms with van der Waals surface area (Å²) in [6.07, 6.45) is 8.66. The van der Waals surface area contributed by atoms with Gasteiger partial charge in [0.25, 0.3) is 0 Å². The maximum atomic E-state index is 3.99. The number of rotatable bonds is 1. The van der Waals surface area contributed by atoms with Crippen LogP contribution in [0.5, 0.6) is 0 Å². The van der Waals surface area contributed by atoms with Gasteiger partial charge in [0.2, 0.25) is 5.82 Å². The molecule has 0 unspecified atom stereocenters. The van der Waals surface area contributed by atoms with Crippen molar-refractivity contribution in [1.82, 2.24) is 19.5 Å². The molecule has 0 aliphatic carbocycles. The molecule has 0 saturated heterocycles. The zero-order chi connectivity index (χ0) is 9.64. The van der Waals surface area contributed by atoms with E-state index in [1.807, 2.05) is 10.8 Å². The van der Waals surface area contributed by atoms with E-state index in [2.05, 4.69) is 26.8 Å². The first kappa shape index (κ1) is 8.45. The average Bonchev–Trinajstić information content (AvgIpc) is 2.72. The molecule has 0 aliphatic heterocycles. The average molecular weight is 184 g/mol. The van der Waals surface area contributed by atoms with Gasteiger partial charge in [0.15, 0.2) is 0 Å². The Hall–Kier alpha value is -2.15. The quantitative estimate of drug-likeness (QED) is 0.613. The van der Waals surface area contributed by atoms with Crippen molar-refractivity contribution < 1.29 is 0 Å². The van der Waals surface area contributed by atoms with Crippen molar-refractivity contribution in [1.29, 1.82) is 0 Å². The van der Waals surface area contributed by atoms with Gasteiger partial charge in [0.05, 0.1) is 12.9 Å². The van der Waals surface area contributed by atoms with Gasteiger partial charge in [-0.05, 0) is 12.0 Å². The largest absolute Gasteiger partial charge is 0.326 e. The highest BCUT2D eigenvalue weighted by Gasteiger charge is 1.85. The first-order valence-electron chi connectivity index (χ1n) is 4.17. The van der Waals surface area contributed by atoms with E-state index >= 15 is 0 Å². The minimum atomic E-state index is 0.549. The molecule has 68 valence electrons. The summed E-state index contributed by atoms with van der Waals surface area (Å²) in [5, 5.41) is 0. The Morgan fingerprint density at radius 3 is 2.79 bits per heavy atom. The molecule has 0 spiro atoms. The summed E-state index contributed by atoms with van der Waals surface area (Å²) in [7, 11) is 0. The molecule has 2 heterocycles. The molecule has 0 radical (unpaired) electrons. The SMILES string of the molecule is C(#Cc1ncccn1)Cn1ccnc1. The summed E-state index contributed by atoms with van der Waals surface area (Å²) in [4.78, 5) is 11.9. The van der Waals surface area contributed by atoms with Crippen molar-refractivity contribution in [3.8, 4) is 11.8 Å². The number of hydrogen-bond donors (Lipinski definition) is 0. The Labute approximate surface area is 81.7 Å². The van der Waals surface area contributed by atoms with E-state index in [1.54, 1.807) is 31.0 Å². The van der Waals surface area contributed by atoms with Gasteiger partial charge in [0.1, 0.15) is 0 Å². The monoisotopic (exact) mass is 184 g/mol. The highest BCUT2D eigenvalue weighted by Crippen LogP contribution is 1.85. The molecule has 4 nitrogen and oxygen atoms in total. The Morgan fingerprint density at radius 1 is 1.21 bits per heavy atom. The summed E-state index contributed by atoms with van der Waals surface area (Å²) in [6.45, 7) is 0.609. The standard InChI is InChI=1S/C10H8N4/c1(7-14-8-6-11-9-14)3-10-12-4-2-5-13-10/h2,4-6,8-9H,7H2. The molecule has 2 aromatic rings. The van der Waals surface area contributed by atoms with Crippen molar-refractivity contribution in [2.45, 2.75) is 6.54 Å². The van der Waals surface area contributed by atoms with E-state index in [-0.39, 0.29) is 0 Å². The van der Waals surface area contributed by atoms with Crippen LogP contribution >= 0.6 is 0 Å². The second-order valence-electron chi connectivity index (χ2n) is 2.61. The first-order chi connectivity index (χ1) is 6.95. The Bertz CT molecular complexity index is 436. The van der Waals surface area contributed by atoms with Crippen LogP contribution in [0.2, 0.25) is 0 Å². The summed E-state index contributed by atoms with van der Waals surface area (Å²) < 4.78 is 1.88. The zero-order valence-corrected chi connectivity index (χ0v) is 7.46. The van der Waals surface area contributed by atoms with E-state index < -0.39 is 0 Å².